The summed E-state index contributed by atoms with van der Waals surface area (Å²) in [5.41, 5.74) is 1.10. The quantitative estimate of drug-likeness (QED) is 0.750. The highest BCUT2D eigenvalue weighted by Gasteiger charge is 2.09. The van der Waals surface area contributed by atoms with E-state index in [-0.39, 0.29) is 12.1 Å². The normalized spacial score (nSPS) is 14.9. The SMILES string of the molecule is CC(C#N)NC(C)c1cnn(C)c1. The standard InChI is InChI=1S/C9H14N4/c1-7(4-10)12-8(2)9-5-11-13(3)6-9/h5-8,12H,1-3H3. The second-order valence-corrected chi connectivity index (χ2v) is 3.19. The molecule has 1 heterocycles. The van der Waals surface area contributed by atoms with E-state index < -0.39 is 0 Å². The van der Waals surface area contributed by atoms with Crippen LogP contribution in [0.15, 0.2) is 12.4 Å². The van der Waals surface area contributed by atoms with Gasteiger partial charge in [0, 0.05) is 24.8 Å². The minimum atomic E-state index is -0.129. The van der Waals surface area contributed by atoms with E-state index in [1.165, 1.54) is 0 Å². The summed E-state index contributed by atoms with van der Waals surface area (Å²) in [5, 5.41) is 15.8. The summed E-state index contributed by atoms with van der Waals surface area (Å²) in [7, 11) is 1.88. The average Bonchev–Trinajstić information content (AvgIpc) is 2.51. The van der Waals surface area contributed by atoms with Gasteiger partial charge >= 0.3 is 0 Å². The summed E-state index contributed by atoms with van der Waals surface area (Å²) in [6, 6.07) is 2.17. The van der Waals surface area contributed by atoms with Crippen LogP contribution in [0.5, 0.6) is 0 Å². The molecule has 2 atom stereocenters. The van der Waals surface area contributed by atoms with E-state index in [0.717, 1.165) is 5.56 Å². The van der Waals surface area contributed by atoms with Gasteiger partial charge in [0.05, 0.1) is 18.3 Å². The Morgan fingerprint density at radius 2 is 2.31 bits per heavy atom. The maximum Gasteiger partial charge on any atom is 0.0929 e. The molecule has 2 unspecified atom stereocenters. The van der Waals surface area contributed by atoms with E-state index in [2.05, 4.69) is 16.5 Å². The Bertz CT molecular complexity index is 310. The molecule has 0 saturated carbocycles. The highest BCUT2D eigenvalue weighted by Crippen LogP contribution is 2.10. The molecule has 0 saturated heterocycles. The average molecular weight is 178 g/mol. The molecule has 0 aliphatic rings. The molecule has 0 bridgehead atoms. The third kappa shape index (κ3) is 2.56. The van der Waals surface area contributed by atoms with Crippen molar-refractivity contribution in [2.75, 3.05) is 0 Å². The van der Waals surface area contributed by atoms with Crippen LogP contribution >= 0.6 is 0 Å². The molecule has 0 radical (unpaired) electrons. The van der Waals surface area contributed by atoms with Crippen LogP contribution in [0, 0.1) is 11.3 Å². The van der Waals surface area contributed by atoms with Crippen molar-refractivity contribution in [1.29, 1.82) is 5.26 Å². The van der Waals surface area contributed by atoms with Crippen molar-refractivity contribution in [3.8, 4) is 6.07 Å². The van der Waals surface area contributed by atoms with Gasteiger partial charge in [-0.25, -0.2) is 0 Å². The number of nitrogens with one attached hydrogen (secondary N) is 1. The zero-order valence-corrected chi connectivity index (χ0v) is 8.15. The highest BCUT2D eigenvalue weighted by molar-refractivity contribution is 5.10. The van der Waals surface area contributed by atoms with Crippen molar-refractivity contribution in [3.63, 3.8) is 0 Å². The van der Waals surface area contributed by atoms with Crippen LogP contribution in [0.4, 0.5) is 0 Å². The number of aromatic nitrogens is 2. The molecule has 13 heavy (non-hydrogen) atoms. The van der Waals surface area contributed by atoms with Gasteiger partial charge in [0.25, 0.3) is 0 Å². The Balaban J connectivity index is 2.59. The van der Waals surface area contributed by atoms with Crippen molar-refractivity contribution >= 4 is 0 Å². The zero-order chi connectivity index (χ0) is 9.84. The first kappa shape index (κ1) is 9.75. The van der Waals surface area contributed by atoms with E-state index in [0.29, 0.717) is 0 Å². The lowest BCUT2D eigenvalue weighted by atomic mass is 10.2. The summed E-state index contributed by atoms with van der Waals surface area (Å²) in [5.74, 6) is 0. The van der Waals surface area contributed by atoms with Crippen LogP contribution in [-0.2, 0) is 7.05 Å². The van der Waals surface area contributed by atoms with Crippen LogP contribution in [0.2, 0.25) is 0 Å². The minimum absolute atomic E-state index is 0.129. The molecular weight excluding hydrogens is 164 g/mol. The predicted octanol–water partition coefficient (Wildman–Crippen LogP) is 0.983. The Labute approximate surface area is 78.2 Å². The number of nitriles is 1. The van der Waals surface area contributed by atoms with E-state index in [9.17, 15) is 0 Å². The maximum atomic E-state index is 8.60. The molecule has 0 aliphatic heterocycles. The highest BCUT2D eigenvalue weighted by atomic mass is 15.2. The monoisotopic (exact) mass is 178 g/mol. The maximum absolute atomic E-state index is 8.60. The lowest BCUT2D eigenvalue weighted by Crippen LogP contribution is -2.27. The molecule has 4 nitrogen and oxygen atoms in total. The fraction of sp³-hybridized carbons (Fsp3) is 0.556. The van der Waals surface area contributed by atoms with Gasteiger partial charge in [-0.1, -0.05) is 0 Å². The second kappa shape index (κ2) is 4.06. The van der Waals surface area contributed by atoms with Gasteiger partial charge in [-0.15, -0.1) is 0 Å². The molecule has 4 heteroatoms. The molecule has 0 aromatic carbocycles. The number of aryl methyl sites for hydroxylation is 1. The van der Waals surface area contributed by atoms with E-state index >= 15 is 0 Å². The van der Waals surface area contributed by atoms with Crippen LogP contribution in [0.25, 0.3) is 0 Å². The lowest BCUT2D eigenvalue weighted by Gasteiger charge is -2.12. The molecule has 1 aromatic heterocycles. The predicted molar refractivity (Wildman–Crippen MR) is 49.8 cm³/mol. The smallest absolute Gasteiger partial charge is 0.0929 e. The van der Waals surface area contributed by atoms with Crippen molar-refractivity contribution in [3.05, 3.63) is 18.0 Å². The summed E-state index contributed by atoms with van der Waals surface area (Å²) >= 11 is 0. The number of rotatable bonds is 3. The van der Waals surface area contributed by atoms with Crippen LogP contribution in [0.1, 0.15) is 25.5 Å². The summed E-state index contributed by atoms with van der Waals surface area (Å²) < 4.78 is 1.75. The van der Waals surface area contributed by atoms with Crippen molar-refractivity contribution in [2.45, 2.75) is 25.9 Å². The van der Waals surface area contributed by atoms with Gasteiger partial charge in [-0.2, -0.15) is 10.4 Å². The van der Waals surface area contributed by atoms with Gasteiger partial charge in [0.15, 0.2) is 0 Å². The van der Waals surface area contributed by atoms with Gasteiger partial charge in [0.1, 0.15) is 0 Å². The fourth-order valence-electron chi connectivity index (χ4n) is 1.17. The molecule has 70 valence electrons. The molecule has 0 amide bonds. The Hall–Kier alpha value is -1.34. The Morgan fingerprint density at radius 3 is 2.77 bits per heavy atom. The van der Waals surface area contributed by atoms with Crippen molar-refractivity contribution in [1.82, 2.24) is 15.1 Å². The Morgan fingerprint density at radius 1 is 1.62 bits per heavy atom. The number of hydrogen-bond donors (Lipinski definition) is 1. The second-order valence-electron chi connectivity index (χ2n) is 3.19. The molecule has 1 N–H and O–H groups in total. The minimum Gasteiger partial charge on any atom is -0.295 e. The van der Waals surface area contributed by atoms with Gasteiger partial charge in [0.2, 0.25) is 0 Å². The van der Waals surface area contributed by atoms with Crippen LogP contribution < -0.4 is 5.32 Å². The van der Waals surface area contributed by atoms with Crippen LogP contribution in [-0.4, -0.2) is 15.8 Å². The summed E-state index contributed by atoms with van der Waals surface area (Å²) in [6.45, 7) is 3.86. The molecule has 0 fully saturated rings. The first-order chi connectivity index (χ1) is 6.13. The van der Waals surface area contributed by atoms with Gasteiger partial charge < -0.3 is 0 Å². The van der Waals surface area contributed by atoms with Gasteiger partial charge in [-0.05, 0) is 13.8 Å². The first-order valence-corrected chi connectivity index (χ1v) is 4.27. The molecular formula is C9H14N4. The lowest BCUT2D eigenvalue weighted by molar-refractivity contribution is 0.542. The fourth-order valence-corrected chi connectivity index (χ4v) is 1.17. The molecule has 0 spiro atoms. The van der Waals surface area contributed by atoms with E-state index in [1.54, 1.807) is 4.68 Å². The third-order valence-electron chi connectivity index (χ3n) is 1.92. The van der Waals surface area contributed by atoms with Gasteiger partial charge in [-0.3, -0.25) is 10.00 Å². The summed E-state index contributed by atoms with van der Waals surface area (Å²) in [6.07, 6.45) is 3.75. The molecule has 1 aromatic rings. The first-order valence-electron chi connectivity index (χ1n) is 4.27. The largest absolute Gasteiger partial charge is 0.295 e. The topological polar surface area (TPSA) is 53.6 Å². The Kier molecular flexibility index (Phi) is 3.04. The van der Waals surface area contributed by atoms with Crippen molar-refractivity contribution < 1.29 is 0 Å². The van der Waals surface area contributed by atoms with Crippen molar-refractivity contribution in [2.24, 2.45) is 7.05 Å². The molecule has 0 aliphatic carbocycles. The number of nitrogens with zero attached hydrogens (tertiary/aromatic N) is 3. The zero-order valence-electron chi connectivity index (χ0n) is 8.15. The van der Waals surface area contributed by atoms with Crippen LogP contribution in [0.3, 0.4) is 0 Å². The van der Waals surface area contributed by atoms with E-state index in [1.807, 2.05) is 33.3 Å². The molecule has 1 rings (SSSR count). The van der Waals surface area contributed by atoms with E-state index in [4.69, 9.17) is 5.26 Å². The summed E-state index contributed by atoms with van der Waals surface area (Å²) in [4.78, 5) is 0. The number of hydrogen-bond acceptors (Lipinski definition) is 3. The third-order valence-corrected chi connectivity index (χ3v) is 1.92.